The second-order valence-electron chi connectivity index (χ2n) is 4.46. The predicted octanol–water partition coefficient (Wildman–Crippen LogP) is 1.25. The molecule has 0 bridgehead atoms. The highest BCUT2D eigenvalue weighted by atomic mass is 16.4. The molecule has 0 aromatic rings. The van der Waals surface area contributed by atoms with Gasteiger partial charge in [0.1, 0.15) is 0 Å². The third kappa shape index (κ3) is 4.33. The summed E-state index contributed by atoms with van der Waals surface area (Å²) in [7, 11) is 0. The molecule has 0 saturated carbocycles. The number of nitrogens with zero attached hydrogens (tertiary/aromatic N) is 1. The molecule has 0 amide bonds. The van der Waals surface area contributed by atoms with Crippen LogP contribution in [0.3, 0.4) is 0 Å². The Balaban J connectivity index is 2.52. The van der Waals surface area contributed by atoms with Crippen molar-refractivity contribution in [3.8, 4) is 0 Å². The number of aliphatic hydroxyl groups excluding tert-OH is 1. The summed E-state index contributed by atoms with van der Waals surface area (Å²) in [6, 6.07) is 0.413. The summed E-state index contributed by atoms with van der Waals surface area (Å²) in [4.78, 5) is 12.8. The van der Waals surface area contributed by atoms with E-state index in [1.165, 1.54) is 18.9 Å². The second kappa shape index (κ2) is 6.66. The second-order valence-corrected chi connectivity index (χ2v) is 4.46. The molecule has 1 aliphatic rings. The van der Waals surface area contributed by atoms with Gasteiger partial charge in [-0.1, -0.05) is 12.0 Å². The number of aliphatic carboxylic acids is 1. The minimum Gasteiger partial charge on any atom is -0.478 e. The van der Waals surface area contributed by atoms with Crippen LogP contribution in [0.1, 0.15) is 32.6 Å². The van der Waals surface area contributed by atoms with Crippen molar-refractivity contribution in [1.82, 2.24) is 4.90 Å². The summed E-state index contributed by atoms with van der Waals surface area (Å²) in [5.41, 5.74) is 0.873. The van der Waals surface area contributed by atoms with E-state index in [-0.39, 0.29) is 6.61 Å². The number of aliphatic hydroxyl groups is 1. The van der Waals surface area contributed by atoms with Crippen molar-refractivity contribution in [3.63, 3.8) is 0 Å². The number of carboxylic acids is 1. The number of carbonyl (C=O) groups is 1. The van der Waals surface area contributed by atoms with E-state index in [1.807, 2.05) is 6.92 Å². The van der Waals surface area contributed by atoms with Gasteiger partial charge in [-0.2, -0.15) is 0 Å². The van der Waals surface area contributed by atoms with E-state index in [1.54, 1.807) is 0 Å². The molecule has 92 valence electrons. The maximum atomic E-state index is 10.5. The number of piperidine rings is 1. The Bertz CT molecular complexity index is 261. The van der Waals surface area contributed by atoms with Gasteiger partial charge in [-0.25, -0.2) is 4.79 Å². The van der Waals surface area contributed by atoms with Crippen molar-refractivity contribution in [2.45, 2.75) is 38.6 Å². The van der Waals surface area contributed by atoms with Gasteiger partial charge in [0.15, 0.2) is 0 Å². The van der Waals surface area contributed by atoms with Crippen molar-refractivity contribution in [3.05, 3.63) is 11.6 Å². The highest BCUT2D eigenvalue weighted by molar-refractivity contribution is 5.80. The number of hydrogen-bond acceptors (Lipinski definition) is 3. The van der Waals surface area contributed by atoms with Gasteiger partial charge in [-0.15, -0.1) is 0 Å². The summed E-state index contributed by atoms with van der Waals surface area (Å²) < 4.78 is 0. The first-order valence-corrected chi connectivity index (χ1v) is 5.88. The van der Waals surface area contributed by atoms with Crippen LogP contribution in [0.2, 0.25) is 0 Å². The van der Waals surface area contributed by atoms with Crippen LogP contribution in [-0.2, 0) is 4.79 Å². The van der Waals surface area contributed by atoms with E-state index in [0.717, 1.165) is 25.0 Å². The van der Waals surface area contributed by atoms with Crippen molar-refractivity contribution in [2.24, 2.45) is 0 Å². The molecule has 1 heterocycles. The van der Waals surface area contributed by atoms with E-state index in [4.69, 9.17) is 10.2 Å². The molecule has 4 heteroatoms. The standard InChI is InChI=1S/C12H21NO3/c1-10(8-12(15)16)9-13-6-3-2-4-11(13)5-7-14/h8,11,14H,2-7,9H2,1H3,(H,15,16). The molecule has 16 heavy (non-hydrogen) atoms. The molecular formula is C12H21NO3. The summed E-state index contributed by atoms with van der Waals surface area (Å²) in [5.74, 6) is -0.881. The highest BCUT2D eigenvalue weighted by Gasteiger charge is 2.21. The van der Waals surface area contributed by atoms with Crippen LogP contribution in [0, 0.1) is 0 Å². The first kappa shape index (κ1) is 13.2. The van der Waals surface area contributed by atoms with Crippen LogP contribution in [0.4, 0.5) is 0 Å². The topological polar surface area (TPSA) is 60.8 Å². The quantitative estimate of drug-likeness (QED) is 0.694. The Morgan fingerprint density at radius 1 is 1.50 bits per heavy atom. The minimum absolute atomic E-state index is 0.211. The molecule has 0 aromatic heterocycles. The number of rotatable bonds is 5. The fourth-order valence-corrected chi connectivity index (χ4v) is 2.32. The average Bonchev–Trinajstić information content (AvgIpc) is 2.20. The molecule has 1 atom stereocenters. The van der Waals surface area contributed by atoms with Crippen molar-refractivity contribution >= 4 is 5.97 Å². The largest absolute Gasteiger partial charge is 0.478 e. The van der Waals surface area contributed by atoms with Crippen molar-refractivity contribution in [1.29, 1.82) is 0 Å². The smallest absolute Gasteiger partial charge is 0.328 e. The number of hydrogen-bond donors (Lipinski definition) is 2. The Kier molecular flexibility index (Phi) is 5.49. The van der Waals surface area contributed by atoms with Gasteiger partial charge in [-0.05, 0) is 32.7 Å². The zero-order valence-corrected chi connectivity index (χ0v) is 9.85. The third-order valence-corrected chi connectivity index (χ3v) is 3.03. The highest BCUT2D eigenvalue weighted by Crippen LogP contribution is 2.20. The monoisotopic (exact) mass is 227 g/mol. The molecule has 4 nitrogen and oxygen atoms in total. The summed E-state index contributed by atoms with van der Waals surface area (Å²) >= 11 is 0. The predicted molar refractivity (Wildman–Crippen MR) is 62.3 cm³/mol. The molecule has 1 fully saturated rings. The van der Waals surface area contributed by atoms with E-state index < -0.39 is 5.97 Å². The normalized spacial score (nSPS) is 23.4. The first-order chi connectivity index (χ1) is 7.63. The molecule has 1 rings (SSSR count). The van der Waals surface area contributed by atoms with Crippen LogP contribution in [-0.4, -0.2) is 46.8 Å². The van der Waals surface area contributed by atoms with Crippen LogP contribution in [0.25, 0.3) is 0 Å². The van der Waals surface area contributed by atoms with Crippen molar-refractivity contribution in [2.75, 3.05) is 19.7 Å². The molecule has 2 N–H and O–H groups in total. The Hall–Kier alpha value is -0.870. The minimum atomic E-state index is -0.881. The lowest BCUT2D eigenvalue weighted by molar-refractivity contribution is -0.131. The van der Waals surface area contributed by atoms with Gasteiger partial charge in [-0.3, -0.25) is 4.90 Å². The van der Waals surface area contributed by atoms with Crippen LogP contribution < -0.4 is 0 Å². The van der Waals surface area contributed by atoms with E-state index in [0.29, 0.717) is 12.6 Å². The van der Waals surface area contributed by atoms with E-state index in [2.05, 4.69) is 4.90 Å². The Labute approximate surface area is 96.6 Å². The lowest BCUT2D eigenvalue weighted by Gasteiger charge is -2.35. The zero-order chi connectivity index (χ0) is 12.0. The fourth-order valence-electron chi connectivity index (χ4n) is 2.32. The van der Waals surface area contributed by atoms with Gasteiger partial charge in [0, 0.05) is 25.3 Å². The van der Waals surface area contributed by atoms with Crippen molar-refractivity contribution < 1.29 is 15.0 Å². The Morgan fingerprint density at radius 3 is 2.88 bits per heavy atom. The molecule has 0 aromatic carbocycles. The molecule has 0 aliphatic carbocycles. The maximum absolute atomic E-state index is 10.5. The molecule has 1 unspecified atom stereocenters. The first-order valence-electron chi connectivity index (χ1n) is 5.88. The summed E-state index contributed by atoms with van der Waals surface area (Å²) in [6.45, 7) is 3.77. The van der Waals surface area contributed by atoms with Crippen LogP contribution in [0.15, 0.2) is 11.6 Å². The van der Waals surface area contributed by atoms with Gasteiger partial charge in [0.2, 0.25) is 0 Å². The van der Waals surface area contributed by atoms with E-state index in [9.17, 15) is 4.79 Å². The van der Waals surface area contributed by atoms with Gasteiger partial charge >= 0.3 is 5.97 Å². The Morgan fingerprint density at radius 2 is 2.25 bits per heavy atom. The number of likely N-dealkylation sites (tertiary alicyclic amines) is 1. The van der Waals surface area contributed by atoms with E-state index >= 15 is 0 Å². The molecule has 0 spiro atoms. The summed E-state index contributed by atoms with van der Waals surface area (Å²) in [6.07, 6.45) is 5.55. The van der Waals surface area contributed by atoms with Gasteiger partial charge in [0.05, 0.1) is 0 Å². The van der Waals surface area contributed by atoms with Gasteiger partial charge in [0.25, 0.3) is 0 Å². The molecule has 0 radical (unpaired) electrons. The SMILES string of the molecule is CC(=CC(=O)O)CN1CCCCC1CCO. The average molecular weight is 227 g/mol. The number of carboxylic acid groups (broad SMARTS) is 1. The van der Waals surface area contributed by atoms with Crippen LogP contribution >= 0.6 is 0 Å². The third-order valence-electron chi connectivity index (χ3n) is 3.03. The van der Waals surface area contributed by atoms with Crippen LogP contribution in [0.5, 0.6) is 0 Å². The zero-order valence-electron chi connectivity index (χ0n) is 9.85. The molecular weight excluding hydrogens is 206 g/mol. The fraction of sp³-hybridized carbons (Fsp3) is 0.750. The molecule has 1 saturated heterocycles. The van der Waals surface area contributed by atoms with Gasteiger partial charge < -0.3 is 10.2 Å². The summed E-state index contributed by atoms with van der Waals surface area (Å²) in [5, 5.41) is 17.6. The molecule has 1 aliphatic heterocycles. The maximum Gasteiger partial charge on any atom is 0.328 e. The lowest BCUT2D eigenvalue weighted by atomic mass is 9.99. The lowest BCUT2D eigenvalue weighted by Crippen LogP contribution is -2.41.